The van der Waals surface area contributed by atoms with Gasteiger partial charge in [0.1, 0.15) is 11.4 Å². The molecule has 10 heteroatoms. The summed E-state index contributed by atoms with van der Waals surface area (Å²) in [5.41, 5.74) is 4.11. The quantitative estimate of drug-likeness (QED) is 0.748. The number of carboxylic acid groups (broad SMARTS) is 1. The molecule has 0 radical (unpaired) electrons. The van der Waals surface area contributed by atoms with Crippen LogP contribution in [0.2, 0.25) is 0 Å². The highest BCUT2D eigenvalue weighted by atomic mass is 32.2. The van der Waals surface area contributed by atoms with E-state index in [1.807, 2.05) is 0 Å². The van der Waals surface area contributed by atoms with Crippen molar-refractivity contribution in [3.05, 3.63) is 30.5 Å². The number of thioether (sulfide) groups is 1. The molecule has 9 nitrogen and oxygen atoms in total. The van der Waals surface area contributed by atoms with Gasteiger partial charge in [-0.15, -0.1) is 10.2 Å². The fourth-order valence-corrected chi connectivity index (χ4v) is 4.22. The van der Waals surface area contributed by atoms with E-state index in [1.54, 1.807) is 30.4 Å². The third kappa shape index (κ3) is 4.88. The molecule has 2 aromatic heterocycles. The monoisotopic (exact) mass is 391 g/mol. The van der Waals surface area contributed by atoms with Gasteiger partial charge < -0.3 is 10.0 Å². The standard InChI is InChI=1S/C17H25N7O2S/c1-17(2,3)15-13(5-4-6-23(15)16(25)26)21-24-20-9-14(22-24)27-10-12-7-18-11-19-8-12/h7-9,11,13,15,21H,4-6,10H2,1-3H3,(H,25,26). The SMILES string of the molecule is CC(C)(C)C1C(Nn2ncc(SCc3cncnc3)n2)CCCN1C(=O)O. The Morgan fingerprint density at radius 1 is 1.33 bits per heavy atom. The van der Waals surface area contributed by atoms with E-state index in [4.69, 9.17) is 0 Å². The Hall–Kier alpha value is -2.36. The summed E-state index contributed by atoms with van der Waals surface area (Å²) < 4.78 is 0. The average Bonchev–Trinajstić information content (AvgIpc) is 3.07. The van der Waals surface area contributed by atoms with Crippen LogP contribution in [0.15, 0.2) is 29.9 Å². The lowest BCUT2D eigenvalue weighted by atomic mass is 9.78. The van der Waals surface area contributed by atoms with Crippen LogP contribution in [0.5, 0.6) is 0 Å². The number of nitrogens with zero attached hydrogens (tertiary/aromatic N) is 6. The summed E-state index contributed by atoms with van der Waals surface area (Å²) in [5, 5.41) is 19.1. The molecule has 1 amide bonds. The normalized spacial score (nSPS) is 20.5. The fraction of sp³-hybridized carbons (Fsp3) is 0.588. The molecule has 1 saturated heterocycles. The van der Waals surface area contributed by atoms with Crippen molar-refractivity contribution >= 4 is 17.9 Å². The Morgan fingerprint density at radius 2 is 2.07 bits per heavy atom. The second-order valence-corrected chi connectivity index (χ2v) is 8.67. The van der Waals surface area contributed by atoms with E-state index < -0.39 is 6.09 Å². The van der Waals surface area contributed by atoms with Crippen LogP contribution in [0, 0.1) is 5.41 Å². The van der Waals surface area contributed by atoms with Crippen molar-refractivity contribution in [2.75, 3.05) is 12.0 Å². The highest BCUT2D eigenvalue weighted by Crippen LogP contribution is 2.32. The van der Waals surface area contributed by atoms with Crippen molar-refractivity contribution in [2.45, 2.75) is 56.5 Å². The van der Waals surface area contributed by atoms with Crippen LogP contribution in [0.25, 0.3) is 0 Å². The molecule has 0 bridgehead atoms. The van der Waals surface area contributed by atoms with Gasteiger partial charge in [-0.3, -0.25) is 5.43 Å². The van der Waals surface area contributed by atoms with Gasteiger partial charge >= 0.3 is 6.09 Å². The first-order valence-electron chi connectivity index (χ1n) is 8.90. The Balaban J connectivity index is 1.66. The van der Waals surface area contributed by atoms with Gasteiger partial charge in [-0.25, -0.2) is 14.8 Å². The van der Waals surface area contributed by atoms with Crippen LogP contribution in [-0.2, 0) is 5.75 Å². The fourth-order valence-electron chi connectivity index (χ4n) is 3.50. The number of hydrogen-bond donors (Lipinski definition) is 2. The van der Waals surface area contributed by atoms with E-state index in [0.717, 1.165) is 23.4 Å². The lowest BCUT2D eigenvalue weighted by Crippen LogP contribution is -2.60. The smallest absolute Gasteiger partial charge is 0.407 e. The maximum absolute atomic E-state index is 11.7. The zero-order valence-electron chi connectivity index (χ0n) is 15.7. The summed E-state index contributed by atoms with van der Waals surface area (Å²) in [7, 11) is 0. The lowest BCUT2D eigenvalue weighted by molar-refractivity contribution is 0.0481. The molecule has 1 aliphatic heterocycles. The number of aromatic nitrogens is 5. The van der Waals surface area contributed by atoms with Crippen LogP contribution in [0.3, 0.4) is 0 Å². The van der Waals surface area contributed by atoms with E-state index in [-0.39, 0.29) is 17.5 Å². The third-order valence-electron chi connectivity index (χ3n) is 4.52. The second kappa shape index (κ2) is 8.12. The van der Waals surface area contributed by atoms with Crippen molar-refractivity contribution in [3.8, 4) is 0 Å². The topological polar surface area (TPSA) is 109 Å². The maximum Gasteiger partial charge on any atom is 0.407 e. The van der Waals surface area contributed by atoms with Crippen LogP contribution >= 0.6 is 11.8 Å². The number of amides is 1. The zero-order valence-corrected chi connectivity index (χ0v) is 16.6. The minimum atomic E-state index is -0.879. The van der Waals surface area contributed by atoms with E-state index in [1.165, 1.54) is 16.1 Å². The first-order chi connectivity index (χ1) is 12.8. The van der Waals surface area contributed by atoms with Crippen molar-refractivity contribution < 1.29 is 9.90 Å². The van der Waals surface area contributed by atoms with Gasteiger partial charge in [0.05, 0.1) is 18.3 Å². The molecular weight excluding hydrogens is 366 g/mol. The van der Waals surface area contributed by atoms with E-state index in [9.17, 15) is 9.90 Å². The first kappa shape index (κ1) is 19.4. The minimum absolute atomic E-state index is 0.0531. The Kier molecular flexibility index (Phi) is 5.83. The highest BCUT2D eigenvalue weighted by molar-refractivity contribution is 7.98. The second-order valence-electron chi connectivity index (χ2n) is 7.67. The molecule has 1 aliphatic rings. The molecule has 3 rings (SSSR count). The van der Waals surface area contributed by atoms with Gasteiger partial charge in [-0.05, 0) is 23.8 Å². The predicted octanol–water partition coefficient (Wildman–Crippen LogP) is 2.46. The molecule has 1 fully saturated rings. The Bertz CT molecular complexity index is 762. The number of hydrogen-bond acceptors (Lipinski definition) is 7. The van der Waals surface area contributed by atoms with Crippen molar-refractivity contribution in [1.82, 2.24) is 30.0 Å². The van der Waals surface area contributed by atoms with E-state index in [0.29, 0.717) is 12.3 Å². The first-order valence-corrected chi connectivity index (χ1v) is 9.88. The molecule has 146 valence electrons. The maximum atomic E-state index is 11.7. The number of nitrogens with one attached hydrogen (secondary N) is 1. The molecule has 0 aliphatic carbocycles. The number of likely N-dealkylation sites (tertiary alicyclic amines) is 1. The van der Waals surface area contributed by atoms with Gasteiger partial charge in [0.25, 0.3) is 0 Å². The summed E-state index contributed by atoms with van der Waals surface area (Å²) in [5.74, 6) is 0.709. The van der Waals surface area contributed by atoms with Crippen molar-refractivity contribution in [2.24, 2.45) is 5.41 Å². The predicted molar refractivity (Wildman–Crippen MR) is 102 cm³/mol. The number of carbonyl (C=O) groups is 1. The highest BCUT2D eigenvalue weighted by Gasteiger charge is 2.42. The molecule has 0 spiro atoms. The summed E-state index contributed by atoms with van der Waals surface area (Å²) in [4.78, 5) is 22.7. The molecule has 2 unspecified atom stereocenters. The van der Waals surface area contributed by atoms with Crippen LogP contribution in [0.4, 0.5) is 4.79 Å². The summed E-state index contributed by atoms with van der Waals surface area (Å²) >= 11 is 1.55. The minimum Gasteiger partial charge on any atom is -0.465 e. The average molecular weight is 392 g/mol. The molecular formula is C17H25N7O2S. The van der Waals surface area contributed by atoms with E-state index in [2.05, 4.69) is 46.4 Å². The van der Waals surface area contributed by atoms with Crippen LogP contribution in [0.1, 0.15) is 39.2 Å². The molecule has 2 atom stereocenters. The molecule has 0 saturated carbocycles. The molecule has 3 heterocycles. The lowest BCUT2D eigenvalue weighted by Gasteiger charge is -2.46. The van der Waals surface area contributed by atoms with Gasteiger partial charge in [-0.2, -0.15) is 0 Å². The molecule has 2 N–H and O–H groups in total. The van der Waals surface area contributed by atoms with Gasteiger partial charge in [0, 0.05) is 24.7 Å². The van der Waals surface area contributed by atoms with Crippen LogP contribution < -0.4 is 5.43 Å². The third-order valence-corrected chi connectivity index (χ3v) is 5.48. The summed E-state index contributed by atoms with van der Waals surface area (Å²) in [6.45, 7) is 6.75. The Morgan fingerprint density at radius 3 is 2.74 bits per heavy atom. The Labute approximate surface area is 162 Å². The van der Waals surface area contributed by atoms with Crippen molar-refractivity contribution in [1.29, 1.82) is 0 Å². The largest absolute Gasteiger partial charge is 0.465 e. The molecule has 2 aromatic rings. The molecule has 27 heavy (non-hydrogen) atoms. The molecule has 0 aromatic carbocycles. The van der Waals surface area contributed by atoms with Crippen LogP contribution in [-0.4, -0.2) is 59.8 Å². The zero-order chi connectivity index (χ0) is 19.4. The van der Waals surface area contributed by atoms with Gasteiger partial charge in [-0.1, -0.05) is 37.4 Å². The van der Waals surface area contributed by atoms with Gasteiger partial charge in [0.15, 0.2) is 0 Å². The van der Waals surface area contributed by atoms with Gasteiger partial charge in [0.2, 0.25) is 0 Å². The number of rotatable bonds is 5. The summed E-state index contributed by atoms with van der Waals surface area (Å²) in [6, 6.07) is -0.213. The number of piperidine rings is 1. The van der Waals surface area contributed by atoms with E-state index >= 15 is 0 Å². The summed E-state index contributed by atoms with van der Waals surface area (Å²) in [6.07, 6.45) is 7.56. The van der Waals surface area contributed by atoms with Crippen molar-refractivity contribution in [3.63, 3.8) is 0 Å².